The summed E-state index contributed by atoms with van der Waals surface area (Å²) in [5.41, 5.74) is 7.02. The molecule has 1 aromatic heterocycles. The first-order valence-corrected chi connectivity index (χ1v) is 6.09. The summed E-state index contributed by atoms with van der Waals surface area (Å²) < 4.78 is 4.66. The van der Waals surface area contributed by atoms with Crippen molar-refractivity contribution in [1.29, 1.82) is 0 Å². The SMILES string of the molecule is COC(=O)c1ccnc(Sc2ccccc2N)c1. The summed E-state index contributed by atoms with van der Waals surface area (Å²) in [5, 5.41) is 0.704. The number of carbonyl (C=O) groups excluding carboxylic acids is 1. The molecule has 0 radical (unpaired) electrons. The molecule has 0 atom stereocenters. The van der Waals surface area contributed by atoms with E-state index in [0.29, 0.717) is 16.3 Å². The molecule has 5 heteroatoms. The van der Waals surface area contributed by atoms with Crippen molar-refractivity contribution in [2.75, 3.05) is 12.8 Å². The van der Waals surface area contributed by atoms with Crippen molar-refractivity contribution in [3.8, 4) is 0 Å². The largest absolute Gasteiger partial charge is 0.465 e. The van der Waals surface area contributed by atoms with Crippen LogP contribution in [0.15, 0.2) is 52.5 Å². The third kappa shape index (κ3) is 2.81. The number of para-hydroxylation sites is 1. The molecule has 0 saturated carbocycles. The smallest absolute Gasteiger partial charge is 0.337 e. The van der Waals surface area contributed by atoms with Gasteiger partial charge in [0.2, 0.25) is 0 Å². The highest BCUT2D eigenvalue weighted by atomic mass is 32.2. The highest BCUT2D eigenvalue weighted by Gasteiger charge is 2.08. The number of aromatic nitrogens is 1. The number of benzene rings is 1. The van der Waals surface area contributed by atoms with Gasteiger partial charge in [-0.05, 0) is 24.3 Å². The summed E-state index contributed by atoms with van der Waals surface area (Å²) in [7, 11) is 1.35. The Bertz CT molecular complexity index is 572. The summed E-state index contributed by atoms with van der Waals surface area (Å²) in [5.74, 6) is -0.375. The maximum absolute atomic E-state index is 11.4. The number of methoxy groups -OCH3 is 1. The minimum Gasteiger partial charge on any atom is -0.465 e. The zero-order chi connectivity index (χ0) is 13.0. The van der Waals surface area contributed by atoms with E-state index in [1.54, 1.807) is 18.3 Å². The van der Waals surface area contributed by atoms with Gasteiger partial charge in [-0.1, -0.05) is 23.9 Å². The molecule has 4 nitrogen and oxygen atoms in total. The molecule has 0 saturated heterocycles. The number of ether oxygens (including phenoxy) is 1. The molecule has 0 aliphatic heterocycles. The monoisotopic (exact) mass is 260 g/mol. The molecule has 0 bridgehead atoms. The molecule has 18 heavy (non-hydrogen) atoms. The second-order valence-corrected chi connectivity index (χ2v) is 4.58. The molecule has 0 unspecified atom stereocenters. The first kappa shape index (κ1) is 12.4. The minimum absolute atomic E-state index is 0.375. The number of nitrogens with zero attached hydrogens (tertiary/aromatic N) is 1. The molecule has 92 valence electrons. The van der Waals surface area contributed by atoms with E-state index in [0.717, 1.165) is 4.90 Å². The molecular formula is C13H12N2O2S. The van der Waals surface area contributed by atoms with E-state index in [-0.39, 0.29) is 5.97 Å². The Labute approximate surface area is 109 Å². The number of nitrogens with two attached hydrogens (primary N) is 1. The van der Waals surface area contributed by atoms with Crippen molar-refractivity contribution in [3.05, 3.63) is 48.2 Å². The molecule has 0 fully saturated rings. The van der Waals surface area contributed by atoms with E-state index < -0.39 is 0 Å². The van der Waals surface area contributed by atoms with E-state index in [9.17, 15) is 4.79 Å². The Morgan fingerprint density at radius 2 is 2.11 bits per heavy atom. The standard InChI is InChI=1S/C13H12N2O2S/c1-17-13(16)9-6-7-15-12(8-9)18-11-5-3-2-4-10(11)14/h2-8H,14H2,1H3. The van der Waals surface area contributed by atoms with Crippen molar-refractivity contribution in [2.45, 2.75) is 9.92 Å². The first-order chi connectivity index (χ1) is 8.70. The van der Waals surface area contributed by atoms with Crippen LogP contribution in [0.1, 0.15) is 10.4 Å². The Kier molecular flexibility index (Phi) is 3.84. The first-order valence-electron chi connectivity index (χ1n) is 5.27. The Morgan fingerprint density at radius 1 is 1.33 bits per heavy atom. The van der Waals surface area contributed by atoms with Crippen LogP contribution in [0, 0.1) is 0 Å². The molecule has 0 amide bonds. The summed E-state index contributed by atoms with van der Waals surface area (Å²) in [6, 6.07) is 10.8. The van der Waals surface area contributed by atoms with Gasteiger partial charge in [0.05, 0.1) is 12.7 Å². The van der Waals surface area contributed by atoms with Gasteiger partial charge in [0, 0.05) is 16.8 Å². The van der Waals surface area contributed by atoms with E-state index in [4.69, 9.17) is 5.73 Å². The summed E-state index contributed by atoms with van der Waals surface area (Å²) in [4.78, 5) is 16.5. The van der Waals surface area contributed by atoms with Crippen LogP contribution in [-0.4, -0.2) is 18.1 Å². The Morgan fingerprint density at radius 3 is 2.83 bits per heavy atom. The van der Waals surface area contributed by atoms with Gasteiger partial charge in [0.25, 0.3) is 0 Å². The lowest BCUT2D eigenvalue weighted by molar-refractivity contribution is 0.0600. The van der Waals surface area contributed by atoms with Crippen LogP contribution in [0.5, 0.6) is 0 Å². The lowest BCUT2D eigenvalue weighted by atomic mass is 10.3. The molecule has 2 rings (SSSR count). The van der Waals surface area contributed by atoms with Gasteiger partial charge < -0.3 is 10.5 Å². The normalized spacial score (nSPS) is 10.1. The lowest BCUT2D eigenvalue weighted by Crippen LogP contribution is -2.01. The Hall–Kier alpha value is -2.01. The number of rotatable bonds is 3. The van der Waals surface area contributed by atoms with Crippen molar-refractivity contribution < 1.29 is 9.53 Å². The number of pyridine rings is 1. The molecule has 2 N–H and O–H groups in total. The van der Waals surface area contributed by atoms with Crippen LogP contribution in [0.25, 0.3) is 0 Å². The van der Waals surface area contributed by atoms with Gasteiger partial charge in [-0.3, -0.25) is 0 Å². The van der Waals surface area contributed by atoms with Crippen LogP contribution < -0.4 is 5.73 Å². The number of nitrogen functional groups attached to an aromatic ring is 1. The second kappa shape index (κ2) is 5.55. The van der Waals surface area contributed by atoms with E-state index in [2.05, 4.69) is 9.72 Å². The molecule has 0 spiro atoms. The summed E-state index contributed by atoms with van der Waals surface area (Å²) in [6.45, 7) is 0. The maximum Gasteiger partial charge on any atom is 0.337 e. The number of anilines is 1. The number of hydrogen-bond acceptors (Lipinski definition) is 5. The average molecular weight is 260 g/mol. The van der Waals surface area contributed by atoms with Crippen molar-refractivity contribution in [1.82, 2.24) is 4.98 Å². The van der Waals surface area contributed by atoms with Crippen molar-refractivity contribution in [2.24, 2.45) is 0 Å². The summed E-state index contributed by atoms with van der Waals surface area (Å²) in [6.07, 6.45) is 1.58. The second-order valence-electron chi connectivity index (χ2n) is 3.51. The third-order valence-electron chi connectivity index (χ3n) is 2.29. The van der Waals surface area contributed by atoms with E-state index >= 15 is 0 Å². The number of hydrogen-bond donors (Lipinski definition) is 1. The zero-order valence-electron chi connectivity index (χ0n) is 9.79. The highest BCUT2D eigenvalue weighted by molar-refractivity contribution is 7.99. The van der Waals surface area contributed by atoms with Crippen molar-refractivity contribution >= 4 is 23.4 Å². The molecule has 2 aromatic rings. The fraction of sp³-hybridized carbons (Fsp3) is 0.0769. The number of carbonyl (C=O) groups is 1. The molecule has 1 heterocycles. The summed E-state index contributed by atoms with van der Waals surface area (Å²) >= 11 is 1.41. The highest BCUT2D eigenvalue weighted by Crippen LogP contribution is 2.30. The predicted molar refractivity (Wildman–Crippen MR) is 70.6 cm³/mol. The van der Waals surface area contributed by atoms with Crippen LogP contribution in [0.2, 0.25) is 0 Å². The van der Waals surface area contributed by atoms with Gasteiger partial charge in [0.1, 0.15) is 5.03 Å². The van der Waals surface area contributed by atoms with Crippen molar-refractivity contribution in [3.63, 3.8) is 0 Å². The maximum atomic E-state index is 11.4. The van der Waals surface area contributed by atoms with Gasteiger partial charge in [0.15, 0.2) is 0 Å². The van der Waals surface area contributed by atoms with E-state index in [1.165, 1.54) is 18.9 Å². The van der Waals surface area contributed by atoms with E-state index in [1.807, 2.05) is 24.3 Å². The zero-order valence-corrected chi connectivity index (χ0v) is 10.6. The topological polar surface area (TPSA) is 65.2 Å². The fourth-order valence-corrected chi connectivity index (χ4v) is 2.25. The predicted octanol–water partition coefficient (Wildman–Crippen LogP) is 2.60. The Balaban J connectivity index is 2.25. The molecule has 1 aromatic carbocycles. The third-order valence-corrected chi connectivity index (χ3v) is 3.31. The van der Waals surface area contributed by atoms with Crippen LogP contribution in [0.3, 0.4) is 0 Å². The van der Waals surface area contributed by atoms with Gasteiger partial charge in [-0.2, -0.15) is 0 Å². The quantitative estimate of drug-likeness (QED) is 0.678. The van der Waals surface area contributed by atoms with Gasteiger partial charge in [-0.15, -0.1) is 0 Å². The number of esters is 1. The van der Waals surface area contributed by atoms with Gasteiger partial charge in [-0.25, -0.2) is 9.78 Å². The average Bonchev–Trinajstić information content (AvgIpc) is 2.41. The lowest BCUT2D eigenvalue weighted by Gasteiger charge is -2.05. The molecule has 0 aliphatic carbocycles. The van der Waals surface area contributed by atoms with Crippen LogP contribution >= 0.6 is 11.8 Å². The van der Waals surface area contributed by atoms with Gasteiger partial charge >= 0.3 is 5.97 Å². The molecular weight excluding hydrogens is 248 g/mol. The van der Waals surface area contributed by atoms with Crippen LogP contribution in [0.4, 0.5) is 5.69 Å². The van der Waals surface area contributed by atoms with Crippen LogP contribution in [-0.2, 0) is 4.74 Å². The fourth-order valence-electron chi connectivity index (χ4n) is 1.40. The molecule has 0 aliphatic rings. The minimum atomic E-state index is -0.375.